The minimum Gasteiger partial charge on any atom is -0.457 e. The molecular weight excluding hydrogens is 132 g/mol. The highest BCUT2D eigenvalue weighted by molar-refractivity contribution is 5.79. The first-order chi connectivity index (χ1) is 4.86. The maximum atomic E-state index is 10.9. The molecule has 4 atom stereocenters. The van der Waals surface area contributed by atoms with E-state index in [1.165, 1.54) is 0 Å². The molecule has 3 nitrogen and oxygen atoms in total. The molecule has 4 unspecified atom stereocenters. The SMILES string of the molecule is O=C1OC2C3CCC2C1O3. The number of rotatable bonds is 0. The van der Waals surface area contributed by atoms with Gasteiger partial charge >= 0.3 is 5.97 Å². The Morgan fingerprint density at radius 3 is 2.90 bits per heavy atom. The van der Waals surface area contributed by atoms with E-state index in [0.717, 1.165) is 12.8 Å². The fourth-order valence-electron chi connectivity index (χ4n) is 2.31. The highest BCUT2D eigenvalue weighted by Gasteiger charge is 2.60. The third-order valence-electron chi connectivity index (χ3n) is 2.77. The first kappa shape index (κ1) is 5.13. The van der Waals surface area contributed by atoms with Crippen LogP contribution >= 0.6 is 0 Å². The fraction of sp³-hybridized carbons (Fsp3) is 0.857. The standard InChI is InChI=1S/C7H8O3/c8-7-6-3-1-2-4(9-6)5(3)10-7/h3-6H,1-2H2. The summed E-state index contributed by atoms with van der Waals surface area (Å²) in [6, 6.07) is 0. The van der Waals surface area contributed by atoms with Crippen LogP contribution in [0.4, 0.5) is 0 Å². The third-order valence-corrected chi connectivity index (χ3v) is 2.77. The summed E-state index contributed by atoms with van der Waals surface area (Å²) in [5, 5.41) is 0. The van der Waals surface area contributed by atoms with Crippen LogP contribution in [0, 0.1) is 5.92 Å². The molecule has 3 rings (SSSR count). The molecule has 2 heterocycles. The van der Waals surface area contributed by atoms with E-state index in [2.05, 4.69) is 0 Å². The largest absolute Gasteiger partial charge is 0.457 e. The first-order valence-corrected chi connectivity index (χ1v) is 3.72. The zero-order chi connectivity index (χ0) is 6.72. The highest BCUT2D eigenvalue weighted by atomic mass is 16.6. The monoisotopic (exact) mass is 140 g/mol. The molecule has 0 radical (unpaired) electrons. The van der Waals surface area contributed by atoms with Crippen LogP contribution in [0.1, 0.15) is 12.8 Å². The Hall–Kier alpha value is -0.570. The second-order valence-electron chi connectivity index (χ2n) is 3.24. The second kappa shape index (κ2) is 1.37. The topological polar surface area (TPSA) is 35.5 Å². The summed E-state index contributed by atoms with van der Waals surface area (Å²) in [7, 11) is 0. The van der Waals surface area contributed by atoms with Crippen molar-refractivity contribution in [1.29, 1.82) is 0 Å². The van der Waals surface area contributed by atoms with Crippen LogP contribution < -0.4 is 0 Å². The summed E-state index contributed by atoms with van der Waals surface area (Å²) in [5.74, 6) is 0.267. The second-order valence-corrected chi connectivity index (χ2v) is 3.24. The van der Waals surface area contributed by atoms with Gasteiger partial charge in [-0.3, -0.25) is 0 Å². The van der Waals surface area contributed by atoms with E-state index in [0.29, 0.717) is 5.92 Å². The molecule has 2 saturated heterocycles. The predicted octanol–water partition coefficient (Wildman–Crippen LogP) is 0.0892. The Morgan fingerprint density at radius 2 is 2.30 bits per heavy atom. The number of ether oxygens (including phenoxy) is 2. The molecule has 0 aromatic rings. The number of esters is 1. The molecule has 0 spiro atoms. The summed E-state index contributed by atoms with van der Waals surface area (Å²) < 4.78 is 10.5. The van der Waals surface area contributed by atoms with E-state index < -0.39 is 0 Å². The van der Waals surface area contributed by atoms with Crippen LogP contribution in [0.2, 0.25) is 0 Å². The van der Waals surface area contributed by atoms with Crippen molar-refractivity contribution in [1.82, 2.24) is 0 Å². The van der Waals surface area contributed by atoms with Crippen molar-refractivity contribution in [2.24, 2.45) is 5.92 Å². The van der Waals surface area contributed by atoms with Gasteiger partial charge in [-0.05, 0) is 12.8 Å². The maximum Gasteiger partial charge on any atom is 0.336 e. The zero-order valence-corrected chi connectivity index (χ0v) is 5.45. The van der Waals surface area contributed by atoms with Gasteiger partial charge < -0.3 is 9.47 Å². The van der Waals surface area contributed by atoms with Crippen LogP contribution in [-0.2, 0) is 14.3 Å². The maximum absolute atomic E-state index is 10.9. The average molecular weight is 140 g/mol. The zero-order valence-electron chi connectivity index (χ0n) is 5.45. The van der Waals surface area contributed by atoms with Gasteiger partial charge in [-0.25, -0.2) is 4.79 Å². The third kappa shape index (κ3) is 0.380. The van der Waals surface area contributed by atoms with Gasteiger partial charge in [0.05, 0.1) is 6.10 Å². The van der Waals surface area contributed by atoms with Gasteiger partial charge in [0.25, 0.3) is 0 Å². The molecule has 10 heavy (non-hydrogen) atoms. The van der Waals surface area contributed by atoms with Gasteiger partial charge in [-0.15, -0.1) is 0 Å². The van der Waals surface area contributed by atoms with Crippen molar-refractivity contribution < 1.29 is 14.3 Å². The summed E-state index contributed by atoms with van der Waals surface area (Å²) in [4.78, 5) is 10.9. The molecule has 4 bridgehead atoms. The van der Waals surface area contributed by atoms with E-state index in [9.17, 15) is 4.79 Å². The molecule has 1 saturated carbocycles. The van der Waals surface area contributed by atoms with Crippen LogP contribution in [0.15, 0.2) is 0 Å². The molecule has 2 aliphatic heterocycles. The lowest BCUT2D eigenvalue weighted by molar-refractivity contribution is -0.170. The van der Waals surface area contributed by atoms with Crippen LogP contribution in [0.3, 0.4) is 0 Å². The van der Waals surface area contributed by atoms with Gasteiger partial charge in [0, 0.05) is 5.92 Å². The van der Waals surface area contributed by atoms with E-state index in [1.54, 1.807) is 0 Å². The molecule has 3 heteroatoms. The van der Waals surface area contributed by atoms with Gasteiger partial charge in [0.15, 0.2) is 6.10 Å². The Labute approximate surface area is 58.3 Å². The molecule has 3 aliphatic rings. The number of carbonyl (C=O) groups is 1. The summed E-state index contributed by atoms with van der Waals surface area (Å²) in [5.41, 5.74) is 0. The van der Waals surface area contributed by atoms with Crippen molar-refractivity contribution in [2.75, 3.05) is 0 Å². The highest BCUT2D eigenvalue weighted by Crippen LogP contribution is 2.47. The molecule has 0 amide bonds. The molecule has 54 valence electrons. The van der Waals surface area contributed by atoms with Gasteiger partial charge in [0.1, 0.15) is 6.10 Å². The Kier molecular flexibility index (Phi) is 0.703. The Bertz CT molecular complexity index is 201. The Morgan fingerprint density at radius 1 is 1.40 bits per heavy atom. The minimum absolute atomic E-state index is 0.123. The van der Waals surface area contributed by atoms with Crippen molar-refractivity contribution >= 4 is 5.97 Å². The van der Waals surface area contributed by atoms with E-state index in [-0.39, 0.29) is 24.3 Å². The summed E-state index contributed by atoms with van der Waals surface area (Å²) in [6.07, 6.45) is 2.37. The summed E-state index contributed by atoms with van der Waals surface area (Å²) in [6.45, 7) is 0. The van der Waals surface area contributed by atoms with Gasteiger partial charge in [-0.2, -0.15) is 0 Å². The number of hydrogen-bond acceptors (Lipinski definition) is 3. The Balaban J connectivity index is 2.04. The van der Waals surface area contributed by atoms with Crippen LogP contribution in [-0.4, -0.2) is 24.3 Å². The molecule has 0 N–H and O–H groups in total. The smallest absolute Gasteiger partial charge is 0.336 e. The lowest BCUT2D eigenvalue weighted by Crippen LogP contribution is -2.32. The molecular formula is C7H8O3. The summed E-state index contributed by atoms with van der Waals surface area (Å²) >= 11 is 0. The normalized spacial score (nSPS) is 55.8. The predicted molar refractivity (Wildman–Crippen MR) is 31.3 cm³/mol. The fourth-order valence-corrected chi connectivity index (χ4v) is 2.31. The molecule has 1 aliphatic carbocycles. The van der Waals surface area contributed by atoms with Gasteiger partial charge in [-0.1, -0.05) is 0 Å². The van der Waals surface area contributed by atoms with Gasteiger partial charge in [0.2, 0.25) is 0 Å². The van der Waals surface area contributed by atoms with Crippen LogP contribution in [0.25, 0.3) is 0 Å². The quantitative estimate of drug-likeness (QED) is 0.447. The van der Waals surface area contributed by atoms with Crippen LogP contribution in [0.5, 0.6) is 0 Å². The molecule has 0 aromatic carbocycles. The molecule has 0 aromatic heterocycles. The average Bonchev–Trinajstić information content (AvgIpc) is 2.53. The van der Waals surface area contributed by atoms with E-state index >= 15 is 0 Å². The lowest BCUT2D eigenvalue weighted by Gasteiger charge is -2.20. The minimum atomic E-state index is -0.191. The van der Waals surface area contributed by atoms with Crippen molar-refractivity contribution in [2.45, 2.75) is 31.2 Å². The number of hydrogen-bond donors (Lipinski definition) is 0. The molecule has 3 fully saturated rings. The van der Waals surface area contributed by atoms with Crippen molar-refractivity contribution in [3.63, 3.8) is 0 Å². The van der Waals surface area contributed by atoms with E-state index in [4.69, 9.17) is 9.47 Å². The van der Waals surface area contributed by atoms with Crippen molar-refractivity contribution in [3.8, 4) is 0 Å². The van der Waals surface area contributed by atoms with Crippen molar-refractivity contribution in [3.05, 3.63) is 0 Å². The first-order valence-electron chi connectivity index (χ1n) is 3.72. The lowest BCUT2D eigenvalue weighted by atomic mass is 10.0. The number of carbonyl (C=O) groups excluding carboxylic acids is 1. The van der Waals surface area contributed by atoms with E-state index in [1.807, 2.05) is 0 Å².